The van der Waals surface area contributed by atoms with Crippen LogP contribution in [0.1, 0.15) is 12.0 Å². The van der Waals surface area contributed by atoms with Gasteiger partial charge in [-0.2, -0.15) is 19.1 Å². The number of primary amides is 1. The first-order chi connectivity index (χ1) is 13.7. The second-order valence-corrected chi connectivity index (χ2v) is 5.63. The number of amides is 1. The van der Waals surface area contributed by atoms with Gasteiger partial charge in [0.25, 0.3) is 0 Å². The summed E-state index contributed by atoms with van der Waals surface area (Å²) >= 11 is 0. The van der Waals surface area contributed by atoms with Crippen LogP contribution in [0.25, 0.3) is 17.3 Å². The number of alkyl halides is 2. The Labute approximate surface area is 163 Å². The summed E-state index contributed by atoms with van der Waals surface area (Å²) in [5, 5.41) is 22.4. The van der Waals surface area contributed by atoms with Crippen LogP contribution in [0.5, 0.6) is 11.5 Å². The Bertz CT molecular complexity index is 995. The molecule has 1 amide bonds. The Morgan fingerprint density at radius 3 is 2.69 bits per heavy atom. The number of rotatable bonds is 9. The van der Waals surface area contributed by atoms with E-state index in [1.54, 1.807) is 6.07 Å². The van der Waals surface area contributed by atoms with Crippen molar-refractivity contribution in [2.24, 2.45) is 5.73 Å². The summed E-state index contributed by atoms with van der Waals surface area (Å²) in [6, 6.07) is 5.61. The van der Waals surface area contributed by atoms with Gasteiger partial charge in [0.15, 0.2) is 11.5 Å². The average molecular weight is 406 g/mol. The van der Waals surface area contributed by atoms with Crippen molar-refractivity contribution in [3.8, 4) is 28.8 Å². The van der Waals surface area contributed by atoms with E-state index in [1.807, 2.05) is 0 Å². The predicted molar refractivity (Wildman–Crippen MR) is 95.9 cm³/mol. The largest absolute Gasteiger partial charge is 0.493 e. The van der Waals surface area contributed by atoms with Crippen LogP contribution in [-0.2, 0) is 16.1 Å². The van der Waals surface area contributed by atoms with Crippen LogP contribution in [0, 0.1) is 11.3 Å². The summed E-state index contributed by atoms with van der Waals surface area (Å²) in [6.45, 7) is -2.93. The molecule has 9 nitrogen and oxygen atoms in total. The smallest absolute Gasteiger partial charge is 0.387 e. The third-order valence-electron chi connectivity index (χ3n) is 3.68. The summed E-state index contributed by atoms with van der Waals surface area (Å²) in [4.78, 5) is 22.2. The summed E-state index contributed by atoms with van der Waals surface area (Å²) in [7, 11) is 1.27. The van der Waals surface area contributed by atoms with Crippen molar-refractivity contribution >= 4 is 18.0 Å². The average Bonchev–Trinajstić information content (AvgIpc) is 3.06. The minimum atomic E-state index is -3.05. The number of hydrogen-bond donors (Lipinski definition) is 2. The molecule has 0 unspecified atom stereocenters. The maximum Gasteiger partial charge on any atom is 0.387 e. The lowest BCUT2D eigenvalue weighted by molar-refractivity contribution is -0.132. The second kappa shape index (κ2) is 9.32. The highest BCUT2D eigenvalue weighted by Crippen LogP contribution is 2.34. The first kappa shape index (κ1) is 21.4. The van der Waals surface area contributed by atoms with E-state index in [1.165, 1.54) is 36.2 Å². The highest BCUT2D eigenvalue weighted by molar-refractivity contribution is 5.97. The third-order valence-corrected chi connectivity index (χ3v) is 3.68. The van der Waals surface area contributed by atoms with Crippen molar-refractivity contribution in [3.63, 3.8) is 0 Å². The monoisotopic (exact) mass is 406 g/mol. The lowest BCUT2D eigenvalue weighted by Gasteiger charge is -2.11. The normalized spacial score (nSPS) is 11.2. The minimum absolute atomic E-state index is 0.00292. The molecule has 0 atom stereocenters. The van der Waals surface area contributed by atoms with E-state index in [9.17, 15) is 18.4 Å². The third kappa shape index (κ3) is 5.52. The molecule has 0 bridgehead atoms. The van der Waals surface area contributed by atoms with Crippen LogP contribution in [0.15, 0.2) is 30.0 Å². The topological polar surface area (TPSA) is 140 Å². The van der Waals surface area contributed by atoms with E-state index < -0.39 is 24.1 Å². The zero-order valence-electron chi connectivity index (χ0n) is 15.1. The first-order valence-electron chi connectivity index (χ1n) is 8.09. The van der Waals surface area contributed by atoms with Crippen LogP contribution >= 0.6 is 0 Å². The fraction of sp³-hybridized carbons (Fsp3) is 0.222. The van der Waals surface area contributed by atoms with Crippen LogP contribution in [0.2, 0.25) is 0 Å². The maximum atomic E-state index is 12.5. The van der Waals surface area contributed by atoms with Gasteiger partial charge in [0.05, 0.1) is 12.8 Å². The molecule has 1 aromatic carbocycles. The Kier molecular flexibility index (Phi) is 6.86. The Balaban J connectivity index is 2.56. The fourth-order valence-corrected chi connectivity index (χ4v) is 2.41. The molecule has 0 radical (unpaired) electrons. The number of nitrogens with two attached hydrogens (primary N) is 1. The minimum Gasteiger partial charge on any atom is -0.493 e. The van der Waals surface area contributed by atoms with Crippen molar-refractivity contribution < 1.29 is 33.0 Å². The van der Waals surface area contributed by atoms with E-state index in [0.717, 1.165) is 6.08 Å². The molecule has 0 aliphatic heterocycles. The van der Waals surface area contributed by atoms with E-state index >= 15 is 0 Å². The molecule has 29 heavy (non-hydrogen) atoms. The van der Waals surface area contributed by atoms with Crippen LogP contribution in [-0.4, -0.2) is 40.5 Å². The molecule has 0 saturated carbocycles. The van der Waals surface area contributed by atoms with Gasteiger partial charge < -0.3 is 20.3 Å². The number of halogens is 2. The zero-order chi connectivity index (χ0) is 21.6. The molecule has 3 N–H and O–H groups in total. The second-order valence-electron chi connectivity index (χ2n) is 5.63. The lowest BCUT2D eigenvalue weighted by atomic mass is 10.1. The summed E-state index contributed by atoms with van der Waals surface area (Å²) < 4.78 is 35.8. The van der Waals surface area contributed by atoms with Crippen LogP contribution < -0.4 is 15.2 Å². The van der Waals surface area contributed by atoms with E-state index in [4.69, 9.17) is 20.8 Å². The van der Waals surface area contributed by atoms with Crippen LogP contribution in [0.4, 0.5) is 8.78 Å². The van der Waals surface area contributed by atoms with E-state index in [-0.39, 0.29) is 35.7 Å². The van der Waals surface area contributed by atoms with Gasteiger partial charge in [-0.25, -0.2) is 4.79 Å². The molecular formula is C18H16F2N4O5. The summed E-state index contributed by atoms with van der Waals surface area (Å²) in [5.74, 6) is -2.18. The van der Waals surface area contributed by atoms with E-state index in [0.29, 0.717) is 5.56 Å². The van der Waals surface area contributed by atoms with Gasteiger partial charge in [0.1, 0.15) is 11.6 Å². The highest BCUT2D eigenvalue weighted by atomic mass is 19.3. The molecule has 152 valence electrons. The number of carboxylic acid groups (broad SMARTS) is 1. The van der Waals surface area contributed by atoms with Crippen molar-refractivity contribution in [1.82, 2.24) is 9.78 Å². The number of nitrogens with zero attached hydrogens (tertiary/aromatic N) is 3. The standard InChI is InChI=1S/C18H16F2N4O5/c1-28-14-7-10(2-3-13(14)29-18(19)20)16-12(6-11(8-21)17(26)27)9-24(23-16)5-4-15(22)25/h2-3,6-7,9,18H,4-5H2,1H3,(H2,22,25)(H,26,27). The quantitative estimate of drug-likeness (QED) is 0.479. The number of aryl methyl sites for hydroxylation is 1. The number of benzene rings is 1. The lowest BCUT2D eigenvalue weighted by Crippen LogP contribution is -2.14. The SMILES string of the molecule is COc1cc(-c2nn(CCC(N)=O)cc2C=C(C#N)C(=O)O)ccc1OC(F)F. The number of carbonyl (C=O) groups excluding carboxylic acids is 1. The number of methoxy groups -OCH3 is 1. The van der Waals surface area contributed by atoms with Gasteiger partial charge in [-0.05, 0) is 24.3 Å². The van der Waals surface area contributed by atoms with Gasteiger partial charge in [-0.15, -0.1) is 0 Å². The molecule has 1 heterocycles. The van der Waals surface area contributed by atoms with Crippen molar-refractivity contribution in [2.45, 2.75) is 19.6 Å². The molecule has 2 aromatic rings. The number of carboxylic acids is 1. The summed E-state index contributed by atoms with van der Waals surface area (Å²) in [5.41, 5.74) is 5.48. The number of nitriles is 1. The van der Waals surface area contributed by atoms with Gasteiger partial charge >= 0.3 is 12.6 Å². The van der Waals surface area contributed by atoms with Crippen molar-refractivity contribution in [2.75, 3.05) is 7.11 Å². The molecule has 11 heteroatoms. The molecule has 1 aromatic heterocycles. The molecule has 2 rings (SSSR count). The molecule has 0 fully saturated rings. The Morgan fingerprint density at radius 1 is 1.41 bits per heavy atom. The number of aromatic nitrogens is 2. The molecule has 0 spiro atoms. The molecule has 0 saturated heterocycles. The number of aliphatic carboxylic acids is 1. The number of ether oxygens (including phenoxy) is 2. The highest BCUT2D eigenvalue weighted by Gasteiger charge is 2.17. The number of carbonyl (C=O) groups is 2. The fourth-order valence-electron chi connectivity index (χ4n) is 2.41. The van der Waals surface area contributed by atoms with Crippen molar-refractivity contribution in [1.29, 1.82) is 5.26 Å². The summed E-state index contributed by atoms with van der Waals surface area (Å²) in [6.07, 6.45) is 2.54. The predicted octanol–water partition coefficient (Wildman–Crippen LogP) is 2.03. The Hall–Kier alpha value is -3.94. The van der Waals surface area contributed by atoms with Crippen LogP contribution in [0.3, 0.4) is 0 Å². The first-order valence-corrected chi connectivity index (χ1v) is 8.09. The Morgan fingerprint density at radius 2 is 2.14 bits per heavy atom. The van der Waals surface area contributed by atoms with Gasteiger partial charge in [-0.1, -0.05) is 0 Å². The van der Waals surface area contributed by atoms with Crippen molar-refractivity contribution in [3.05, 3.63) is 35.5 Å². The number of hydrogen-bond acceptors (Lipinski definition) is 6. The van der Waals surface area contributed by atoms with E-state index in [2.05, 4.69) is 9.84 Å². The molecule has 0 aliphatic carbocycles. The van der Waals surface area contributed by atoms with Gasteiger partial charge in [0.2, 0.25) is 5.91 Å². The van der Waals surface area contributed by atoms with Gasteiger partial charge in [0, 0.05) is 30.3 Å². The molecular weight excluding hydrogens is 390 g/mol. The van der Waals surface area contributed by atoms with Gasteiger partial charge in [-0.3, -0.25) is 9.48 Å². The molecule has 0 aliphatic rings. The zero-order valence-corrected chi connectivity index (χ0v) is 15.1. The maximum absolute atomic E-state index is 12.5.